The highest BCUT2D eigenvalue weighted by Gasteiger charge is 2.47. The van der Waals surface area contributed by atoms with Crippen LogP contribution >= 0.6 is 0 Å². The summed E-state index contributed by atoms with van der Waals surface area (Å²) in [6.45, 7) is -1.93. The number of amides is 5. The Hall–Kier alpha value is -6.95. The quantitative estimate of drug-likeness (QED) is 0.0652. The van der Waals surface area contributed by atoms with Gasteiger partial charge in [-0.15, -0.1) is 0 Å². The molecule has 8 N–H and O–H groups in total. The first-order valence-electron chi connectivity index (χ1n) is 21.6. The number of carboxylic acid groups (broad SMARTS) is 4. The number of anilines is 1. The summed E-state index contributed by atoms with van der Waals surface area (Å²) in [6.07, 6.45) is -0.438. The average Bonchev–Trinajstić information content (AvgIpc) is 3.60. The van der Waals surface area contributed by atoms with Gasteiger partial charge in [0.25, 0.3) is 11.8 Å². The number of likely N-dealkylation sites (tertiary alicyclic amines) is 1. The second-order valence-corrected chi connectivity index (χ2v) is 16.2. The van der Waals surface area contributed by atoms with Gasteiger partial charge in [0.1, 0.15) is 12.1 Å². The summed E-state index contributed by atoms with van der Waals surface area (Å²) in [6, 6.07) is 5.07. The van der Waals surface area contributed by atoms with Crippen molar-refractivity contribution < 1.29 is 72.4 Å². The van der Waals surface area contributed by atoms with Gasteiger partial charge in [-0.3, -0.25) is 67.7 Å². The number of carboxylic acids is 4. The van der Waals surface area contributed by atoms with Gasteiger partial charge >= 0.3 is 23.9 Å². The Bertz CT molecular complexity index is 2200. The topological polar surface area (TPSA) is 336 Å². The van der Waals surface area contributed by atoms with Gasteiger partial charge < -0.3 is 46.6 Å². The molecule has 4 rings (SSSR count). The largest absolute Gasteiger partial charge is 0.480 e. The number of nitrogens with one attached hydrogen (secondary N) is 4. The molecule has 2 saturated heterocycles. The number of carbonyl (C=O) groups excluding carboxylic acids is 5. The van der Waals surface area contributed by atoms with E-state index in [-0.39, 0.29) is 120 Å². The molecule has 2 aromatic rings. The zero-order valence-corrected chi connectivity index (χ0v) is 37.0. The molecule has 0 aliphatic carbocycles. The molecule has 0 spiro atoms. The van der Waals surface area contributed by atoms with Gasteiger partial charge in [0.15, 0.2) is 0 Å². The number of fused-ring (bicyclic) bond motifs is 1. The van der Waals surface area contributed by atoms with Crippen LogP contribution in [0.1, 0.15) is 42.5 Å². The van der Waals surface area contributed by atoms with Crippen LogP contribution in [0.3, 0.4) is 0 Å². The van der Waals surface area contributed by atoms with E-state index in [0.717, 1.165) is 4.90 Å². The summed E-state index contributed by atoms with van der Waals surface area (Å²) in [5.41, 5.74) is 0.471. The number of nitriles is 1. The standard InChI is InChI=1S/C42H55F2N11O13/c43-42(44)20-27(21-45)55(26-42)35(59)22-49-40(66)29-8-9-48-39-28(29)2-1-3-30(39)50-34(58)7-6-33(57)47-11-10-46-32(56)5-4-31(41(67)68)54-18-16-52(24-37(62)63)14-12-51(23-36(60)61)13-15-53(17-19-54)25-38(64)65/h1-3,8-9,27,31H,4-7,10-20,22-26H2,(H,46,56)(H,47,57)(H,49,66)(H,50,58)(H,60,61)(H,62,63)(H,64,65)(H,67,68)/t27-,31?/m1/s1. The Morgan fingerprint density at radius 1 is 0.735 bits per heavy atom. The van der Waals surface area contributed by atoms with Crippen LogP contribution in [-0.4, -0.2) is 220 Å². The third-order valence-electron chi connectivity index (χ3n) is 11.1. The first-order valence-corrected chi connectivity index (χ1v) is 21.6. The summed E-state index contributed by atoms with van der Waals surface area (Å²) in [7, 11) is 0. The van der Waals surface area contributed by atoms with E-state index in [4.69, 9.17) is 0 Å². The molecule has 0 radical (unpaired) electrons. The third kappa shape index (κ3) is 17.4. The van der Waals surface area contributed by atoms with Crippen LogP contribution in [0.15, 0.2) is 30.5 Å². The molecule has 68 heavy (non-hydrogen) atoms. The molecule has 24 nitrogen and oxygen atoms in total. The molecule has 2 atom stereocenters. The SMILES string of the molecule is N#C[C@H]1CC(F)(F)CN1C(=O)CNC(=O)c1ccnc2c(NC(=O)CCC(=O)NCCNC(=O)CCC(C(=O)O)N3CCN(CC(=O)O)CCN(CC(=O)O)CCN(CC(=O)O)CC3)cccc12. The Kier molecular flexibility index (Phi) is 20.4. The van der Waals surface area contributed by atoms with Gasteiger partial charge in [-0.2, -0.15) is 5.26 Å². The zero-order chi connectivity index (χ0) is 50.0. The number of benzene rings is 1. The number of rotatable bonds is 21. The maximum atomic E-state index is 13.8. The van der Waals surface area contributed by atoms with E-state index in [1.165, 1.54) is 24.4 Å². The van der Waals surface area contributed by atoms with E-state index in [0.29, 0.717) is 0 Å². The predicted molar refractivity (Wildman–Crippen MR) is 233 cm³/mol. The lowest BCUT2D eigenvalue weighted by molar-refractivity contribution is -0.145. The van der Waals surface area contributed by atoms with E-state index >= 15 is 0 Å². The number of aliphatic carboxylic acids is 4. The second kappa shape index (κ2) is 25.8. The molecule has 26 heteroatoms. The van der Waals surface area contributed by atoms with Crippen molar-refractivity contribution in [1.82, 2.24) is 45.4 Å². The van der Waals surface area contributed by atoms with Gasteiger partial charge in [-0.25, -0.2) is 8.78 Å². The van der Waals surface area contributed by atoms with Gasteiger partial charge in [0.05, 0.1) is 55.6 Å². The summed E-state index contributed by atoms with van der Waals surface area (Å²) in [4.78, 5) is 122. The molecule has 0 bridgehead atoms. The molecular formula is C42H55F2N11O13. The molecule has 5 amide bonds. The minimum atomic E-state index is -3.22. The normalized spacial score (nSPS) is 18.0. The fourth-order valence-corrected chi connectivity index (χ4v) is 7.68. The third-order valence-corrected chi connectivity index (χ3v) is 11.1. The minimum Gasteiger partial charge on any atom is -0.480 e. The van der Waals surface area contributed by atoms with Crippen molar-refractivity contribution in [2.45, 2.75) is 50.1 Å². The van der Waals surface area contributed by atoms with Crippen LogP contribution in [0, 0.1) is 11.3 Å². The smallest absolute Gasteiger partial charge is 0.320 e. The van der Waals surface area contributed by atoms with E-state index < -0.39 is 104 Å². The fraction of sp³-hybridized carbons (Fsp3) is 0.548. The van der Waals surface area contributed by atoms with Crippen LogP contribution in [0.25, 0.3) is 10.9 Å². The van der Waals surface area contributed by atoms with E-state index in [1.54, 1.807) is 31.7 Å². The van der Waals surface area contributed by atoms with Crippen molar-refractivity contribution in [3.63, 3.8) is 0 Å². The van der Waals surface area contributed by atoms with Gasteiger partial charge in [-0.1, -0.05) is 12.1 Å². The number of pyridine rings is 1. The first kappa shape index (κ1) is 53.7. The Morgan fingerprint density at radius 3 is 1.79 bits per heavy atom. The zero-order valence-electron chi connectivity index (χ0n) is 37.0. The van der Waals surface area contributed by atoms with E-state index in [9.17, 15) is 77.6 Å². The number of hydrogen-bond acceptors (Lipinski definition) is 15. The number of hydrogen-bond donors (Lipinski definition) is 8. The molecule has 2 fully saturated rings. The van der Waals surface area contributed by atoms with Crippen molar-refractivity contribution in [2.24, 2.45) is 0 Å². The lowest BCUT2D eigenvalue weighted by Crippen LogP contribution is -2.52. The molecule has 2 aliphatic rings. The number of para-hydroxylation sites is 1. The molecule has 1 unspecified atom stereocenters. The number of aromatic nitrogens is 1. The molecule has 370 valence electrons. The van der Waals surface area contributed by atoms with Gasteiger partial charge in [-0.05, 0) is 18.6 Å². The fourth-order valence-electron chi connectivity index (χ4n) is 7.68. The highest BCUT2D eigenvalue weighted by atomic mass is 19.3. The lowest BCUT2D eigenvalue weighted by Gasteiger charge is -2.35. The summed E-state index contributed by atoms with van der Waals surface area (Å²) in [5.74, 6) is -11.1. The number of nitrogens with zero attached hydrogens (tertiary/aromatic N) is 7. The van der Waals surface area contributed by atoms with Crippen LogP contribution in [-0.2, 0) is 38.4 Å². The molecule has 1 aromatic carbocycles. The molecule has 0 saturated carbocycles. The summed E-state index contributed by atoms with van der Waals surface area (Å²) in [5, 5.41) is 58.2. The van der Waals surface area contributed by atoms with Crippen molar-refractivity contribution in [1.29, 1.82) is 5.26 Å². The van der Waals surface area contributed by atoms with Gasteiger partial charge in [0, 0.05) is 103 Å². The van der Waals surface area contributed by atoms with Crippen LogP contribution in [0.2, 0.25) is 0 Å². The van der Waals surface area contributed by atoms with Gasteiger partial charge in [0.2, 0.25) is 23.6 Å². The minimum absolute atomic E-state index is 0.0313. The number of halogens is 2. The van der Waals surface area contributed by atoms with Crippen LogP contribution < -0.4 is 21.3 Å². The van der Waals surface area contributed by atoms with E-state index in [1.807, 2.05) is 0 Å². The Labute approximate surface area is 388 Å². The first-order chi connectivity index (χ1) is 32.2. The van der Waals surface area contributed by atoms with Crippen LogP contribution in [0.5, 0.6) is 0 Å². The highest BCUT2D eigenvalue weighted by molar-refractivity contribution is 6.10. The van der Waals surface area contributed by atoms with Crippen molar-refractivity contribution >= 4 is 70.0 Å². The van der Waals surface area contributed by atoms with Crippen molar-refractivity contribution in [2.75, 3.05) is 103 Å². The molecular weight excluding hydrogens is 905 g/mol. The monoisotopic (exact) mass is 959 g/mol. The Balaban J connectivity index is 1.23. The van der Waals surface area contributed by atoms with Crippen LogP contribution in [0.4, 0.5) is 14.5 Å². The Morgan fingerprint density at radius 2 is 1.26 bits per heavy atom. The lowest BCUT2D eigenvalue weighted by atomic mass is 10.1. The average molecular weight is 960 g/mol. The predicted octanol–water partition coefficient (Wildman–Crippen LogP) is -1.62. The van der Waals surface area contributed by atoms with Crippen molar-refractivity contribution in [3.05, 3.63) is 36.0 Å². The summed E-state index contributed by atoms with van der Waals surface area (Å²) >= 11 is 0. The second-order valence-electron chi connectivity index (χ2n) is 16.2. The molecule has 1 aromatic heterocycles. The molecule has 2 aliphatic heterocycles. The van der Waals surface area contributed by atoms with Crippen molar-refractivity contribution in [3.8, 4) is 6.07 Å². The maximum Gasteiger partial charge on any atom is 0.320 e. The number of alkyl halides is 2. The summed E-state index contributed by atoms with van der Waals surface area (Å²) < 4.78 is 27.6. The van der Waals surface area contributed by atoms with E-state index in [2.05, 4.69) is 26.3 Å². The number of carbonyl (C=O) groups is 9. The maximum absolute atomic E-state index is 13.8. The molecule has 3 heterocycles. The highest BCUT2D eigenvalue weighted by Crippen LogP contribution is 2.31.